The van der Waals surface area contributed by atoms with E-state index < -0.39 is 0 Å². The molecule has 1 aliphatic heterocycles. The van der Waals surface area contributed by atoms with Gasteiger partial charge in [0.1, 0.15) is 0 Å². The molecule has 0 N–H and O–H groups in total. The number of likely N-dealkylation sites (tertiary alicyclic amines) is 1. The van der Waals surface area contributed by atoms with Crippen LogP contribution in [-0.2, 0) is 13.5 Å². The van der Waals surface area contributed by atoms with Crippen LogP contribution in [0.15, 0.2) is 48.8 Å². The van der Waals surface area contributed by atoms with E-state index in [1.165, 1.54) is 11.1 Å². The fourth-order valence-electron chi connectivity index (χ4n) is 3.49. The summed E-state index contributed by atoms with van der Waals surface area (Å²) in [6, 6.07) is 14.4. The fourth-order valence-corrected chi connectivity index (χ4v) is 3.49. The van der Waals surface area contributed by atoms with E-state index in [0.717, 1.165) is 36.1 Å². The summed E-state index contributed by atoms with van der Waals surface area (Å²) in [4.78, 5) is 18.9. The molecule has 1 saturated heterocycles. The zero-order chi connectivity index (χ0) is 16.7. The molecule has 0 saturated carbocycles. The molecule has 4 rings (SSSR count). The summed E-state index contributed by atoms with van der Waals surface area (Å²) in [5.41, 5.74) is 5.31. The van der Waals surface area contributed by atoms with Crippen LogP contribution in [0.1, 0.15) is 21.5 Å². The van der Waals surface area contributed by atoms with Crippen molar-refractivity contribution in [1.82, 2.24) is 14.5 Å². The van der Waals surface area contributed by atoms with E-state index in [2.05, 4.69) is 36.2 Å². The minimum Gasteiger partial charge on any atom is -0.338 e. The largest absolute Gasteiger partial charge is 0.338 e. The molecular formula is C20H21N3O. The molecule has 4 heteroatoms. The van der Waals surface area contributed by atoms with Crippen LogP contribution in [0, 0.1) is 12.8 Å². The topological polar surface area (TPSA) is 38.1 Å². The van der Waals surface area contributed by atoms with Gasteiger partial charge in [0, 0.05) is 25.7 Å². The van der Waals surface area contributed by atoms with Crippen molar-refractivity contribution in [2.24, 2.45) is 13.0 Å². The number of nitrogens with zero attached hydrogens (tertiary/aromatic N) is 3. The van der Waals surface area contributed by atoms with Gasteiger partial charge >= 0.3 is 0 Å². The number of amides is 1. The first-order valence-corrected chi connectivity index (χ1v) is 8.36. The number of benzene rings is 2. The van der Waals surface area contributed by atoms with Crippen molar-refractivity contribution < 1.29 is 4.79 Å². The SMILES string of the molecule is Cc1cccc(CC2CN(C(=O)c3ccc4c(c3)ncn4C)C2)c1. The van der Waals surface area contributed by atoms with Crippen molar-refractivity contribution >= 4 is 16.9 Å². The number of hydrogen-bond acceptors (Lipinski definition) is 2. The average Bonchev–Trinajstić information content (AvgIpc) is 2.91. The highest BCUT2D eigenvalue weighted by Crippen LogP contribution is 2.24. The number of aryl methyl sites for hydroxylation is 2. The number of hydrogen-bond donors (Lipinski definition) is 0. The summed E-state index contributed by atoms with van der Waals surface area (Å²) < 4.78 is 1.96. The molecule has 0 spiro atoms. The third kappa shape index (κ3) is 2.68. The summed E-state index contributed by atoms with van der Waals surface area (Å²) in [6.07, 6.45) is 2.82. The maximum atomic E-state index is 12.6. The van der Waals surface area contributed by atoms with Crippen LogP contribution < -0.4 is 0 Å². The Kier molecular flexibility index (Phi) is 3.60. The molecule has 1 fully saturated rings. The molecule has 2 aromatic carbocycles. The fraction of sp³-hybridized carbons (Fsp3) is 0.300. The Morgan fingerprint density at radius 2 is 2.04 bits per heavy atom. The van der Waals surface area contributed by atoms with E-state index in [1.54, 1.807) is 6.33 Å². The number of rotatable bonds is 3. The normalized spacial score (nSPS) is 14.8. The van der Waals surface area contributed by atoms with Gasteiger partial charge in [-0.05, 0) is 43.0 Å². The molecule has 4 nitrogen and oxygen atoms in total. The van der Waals surface area contributed by atoms with Crippen molar-refractivity contribution in [3.63, 3.8) is 0 Å². The third-order valence-corrected chi connectivity index (χ3v) is 4.82. The molecule has 24 heavy (non-hydrogen) atoms. The van der Waals surface area contributed by atoms with Crippen LogP contribution >= 0.6 is 0 Å². The number of fused-ring (bicyclic) bond motifs is 1. The highest BCUT2D eigenvalue weighted by Gasteiger charge is 2.31. The van der Waals surface area contributed by atoms with Crippen LogP contribution in [0.4, 0.5) is 0 Å². The first kappa shape index (κ1) is 14.9. The zero-order valence-corrected chi connectivity index (χ0v) is 14.1. The molecule has 0 radical (unpaired) electrons. The lowest BCUT2D eigenvalue weighted by molar-refractivity contribution is 0.0501. The van der Waals surface area contributed by atoms with Gasteiger partial charge < -0.3 is 9.47 Å². The highest BCUT2D eigenvalue weighted by molar-refractivity contribution is 5.97. The number of carbonyl (C=O) groups is 1. The molecule has 3 aromatic rings. The Balaban J connectivity index is 1.41. The van der Waals surface area contributed by atoms with Crippen LogP contribution in [-0.4, -0.2) is 33.4 Å². The molecular weight excluding hydrogens is 298 g/mol. The van der Waals surface area contributed by atoms with Crippen molar-refractivity contribution in [3.8, 4) is 0 Å². The molecule has 1 aliphatic rings. The van der Waals surface area contributed by atoms with E-state index in [0.29, 0.717) is 5.92 Å². The lowest BCUT2D eigenvalue weighted by Gasteiger charge is -2.39. The summed E-state index contributed by atoms with van der Waals surface area (Å²) >= 11 is 0. The van der Waals surface area contributed by atoms with Crippen LogP contribution in [0.25, 0.3) is 11.0 Å². The second-order valence-corrected chi connectivity index (χ2v) is 6.83. The number of imidazole rings is 1. The van der Waals surface area contributed by atoms with Crippen LogP contribution in [0.2, 0.25) is 0 Å². The molecule has 0 unspecified atom stereocenters. The van der Waals surface area contributed by atoms with Crippen molar-refractivity contribution in [3.05, 3.63) is 65.5 Å². The second-order valence-electron chi connectivity index (χ2n) is 6.83. The summed E-state index contributed by atoms with van der Waals surface area (Å²) in [5, 5.41) is 0. The maximum absolute atomic E-state index is 12.6. The molecule has 1 amide bonds. The Morgan fingerprint density at radius 3 is 2.83 bits per heavy atom. The molecule has 0 bridgehead atoms. The predicted octanol–water partition coefficient (Wildman–Crippen LogP) is 3.20. The van der Waals surface area contributed by atoms with Gasteiger partial charge in [0.05, 0.1) is 17.4 Å². The van der Waals surface area contributed by atoms with Crippen LogP contribution in [0.5, 0.6) is 0 Å². The Hall–Kier alpha value is -2.62. The maximum Gasteiger partial charge on any atom is 0.253 e. The van der Waals surface area contributed by atoms with E-state index in [-0.39, 0.29) is 5.91 Å². The lowest BCUT2D eigenvalue weighted by Crippen LogP contribution is -2.50. The molecule has 0 atom stereocenters. The summed E-state index contributed by atoms with van der Waals surface area (Å²) in [7, 11) is 1.96. The smallest absolute Gasteiger partial charge is 0.253 e. The molecule has 2 heterocycles. The minimum absolute atomic E-state index is 0.114. The van der Waals surface area contributed by atoms with Gasteiger partial charge in [-0.15, -0.1) is 0 Å². The van der Waals surface area contributed by atoms with Gasteiger partial charge in [-0.25, -0.2) is 4.98 Å². The number of carbonyl (C=O) groups excluding carboxylic acids is 1. The monoisotopic (exact) mass is 319 g/mol. The van der Waals surface area contributed by atoms with E-state index in [4.69, 9.17) is 0 Å². The van der Waals surface area contributed by atoms with Crippen molar-refractivity contribution in [2.45, 2.75) is 13.3 Å². The first-order chi connectivity index (χ1) is 11.6. The van der Waals surface area contributed by atoms with E-state index >= 15 is 0 Å². The molecule has 1 aromatic heterocycles. The van der Waals surface area contributed by atoms with E-state index in [9.17, 15) is 4.79 Å². The Labute approximate surface area is 141 Å². The Bertz CT molecular complexity index is 906. The Morgan fingerprint density at radius 1 is 1.21 bits per heavy atom. The van der Waals surface area contributed by atoms with E-state index in [1.807, 2.05) is 34.7 Å². The van der Waals surface area contributed by atoms with Crippen molar-refractivity contribution in [2.75, 3.05) is 13.1 Å². The van der Waals surface area contributed by atoms with Gasteiger partial charge in [-0.3, -0.25) is 4.79 Å². The van der Waals surface area contributed by atoms with Gasteiger partial charge in [0.25, 0.3) is 5.91 Å². The molecule has 0 aliphatic carbocycles. The lowest BCUT2D eigenvalue weighted by atomic mass is 9.91. The van der Waals surface area contributed by atoms with Crippen molar-refractivity contribution in [1.29, 1.82) is 0 Å². The predicted molar refractivity (Wildman–Crippen MR) is 95.0 cm³/mol. The zero-order valence-electron chi connectivity index (χ0n) is 14.1. The summed E-state index contributed by atoms with van der Waals surface area (Å²) in [6.45, 7) is 3.80. The average molecular weight is 319 g/mol. The quantitative estimate of drug-likeness (QED) is 0.743. The van der Waals surface area contributed by atoms with Gasteiger partial charge in [0.2, 0.25) is 0 Å². The van der Waals surface area contributed by atoms with Crippen LogP contribution in [0.3, 0.4) is 0 Å². The molecule has 122 valence electrons. The summed E-state index contributed by atoms with van der Waals surface area (Å²) in [5.74, 6) is 0.678. The van der Waals surface area contributed by atoms with Gasteiger partial charge in [-0.2, -0.15) is 0 Å². The second kappa shape index (κ2) is 5.78. The van der Waals surface area contributed by atoms with Gasteiger partial charge in [-0.1, -0.05) is 29.8 Å². The first-order valence-electron chi connectivity index (χ1n) is 8.36. The highest BCUT2D eigenvalue weighted by atomic mass is 16.2. The standard InChI is InChI=1S/C20H21N3O/c1-14-4-3-5-15(8-14)9-16-11-23(12-16)20(24)17-6-7-19-18(10-17)21-13-22(19)2/h3-8,10,13,16H,9,11-12H2,1-2H3. The number of aromatic nitrogens is 2. The minimum atomic E-state index is 0.114. The third-order valence-electron chi connectivity index (χ3n) is 4.82. The van der Waals surface area contributed by atoms with Gasteiger partial charge in [0.15, 0.2) is 0 Å².